The number of hydrogen-bond donors (Lipinski definition) is 0. The molecule has 0 aromatic carbocycles. The first kappa shape index (κ1) is 6.27. The first-order valence-corrected chi connectivity index (χ1v) is 3.25. The summed E-state index contributed by atoms with van der Waals surface area (Å²) >= 11 is 0. The minimum atomic E-state index is -0.386. The molecule has 0 amide bonds. The van der Waals surface area contributed by atoms with Crippen molar-refractivity contribution in [2.45, 2.75) is 6.92 Å². The van der Waals surface area contributed by atoms with Crippen molar-refractivity contribution >= 4 is 5.52 Å². The average Bonchev–Trinajstić information content (AvgIpc) is 2.35. The van der Waals surface area contributed by atoms with E-state index in [4.69, 9.17) is 0 Å². The van der Waals surface area contributed by atoms with Crippen molar-refractivity contribution in [3.05, 3.63) is 29.8 Å². The Morgan fingerprint density at radius 1 is 1.45 bits per heavy atom. The van der Waals surface area contributed by atoms with E-state index in [9.17, 15) is 4.39 Å². The lowest BCUT2D eigenvalue weighted by Crippen LogP contribution is -1.92. The van der Waals surface area contributed by atoms with E-state index >= 15 is 0 Å². The first-order valence-electron chi connectivity index (χ1n) is 3.25. The Bertz CT molecular complexity index is 393. The van der Waals surface area contributed by atoms with Crippen LogP contribution >= 0.6 is 0 Å². The second-order valence-electron chi connectivity index (χ2n) is 2.32. The van der Waals surface area contributed by atoms with Crippen LogP contribution in [0.15, 0.2) is 18.2 Å². The molecule has 0 N–H and O–H groups in total. The minimum Gasteiger partial charge on any atom is -0.186 e. The van der Waals surface area contributed by atoms with E-state index in [1.54, 1.807) is 19.1 Å². The normalized spacial score (nSPS) is 10.7. The maximum Gasteiger partial charge on any atom is 0.216 e. The van der Waals surface area contributed by atoms with Crippen LogP contribution in [0.2, 0.25) is 0 Å². The van der Waals surface area contributed by atoms with Gasteiger partial charge in [-0.1, -0.05) is 11.3 Å². The van der Waals surface area contributed by atoms with Gasteiger partial charge in [-0.3, -0.25) is 0 Å². The fraction of sp³-hybridized carbons (Fsp3) is 0.143. The largest absolute Gasteiger partial charge is 0.216 e. The molecule has 0 radical (unpaired) electrons. The van der Waals surface area contributed by atoms with Crippen LogP contribution in [-0.2, 0) is 0 Å². The van der Waals surface area contributed by atoms with Crippen molar-refractivity contribution in [1.82, 2.24) is 14.8 Å². The molecular formula is C7H6FN3. The lowest BCUT2D eigenvalue weighted by molar-refractivity contribution is 0.537. The summed E-state index contributed by atoms with van der Waals surface area (Å²) < 4.78 is 14.0. The molecule has 0 aliphatic heterocycles. The molecule has 0 unspecified atom stereocenters. The van der Waals surface area contributed by atoms with Crippen LogP contribution in [0.25, 0.3) is 5.52 Å². The molecule has 11 heavy (non-hydrogen) atoms. The van der Waals surface area contributed by atoms with Crippen molar-refractivity contribution in [1.29, 1.82) is 0 Å². The van der Waals surface area contributed by atoms with Gasteiger partial charge in [0.1, 0.15) is 0 Å². The monoisotopic (exact) mass is 151 g/mol. The van der Waals surface area contributed by atoms with Gasteiger partial charge in [0.05, 0.1) is 11.2 Å². The first-order chi connectivity index (χ1) is 5.29. The smallest absolute Gasteiger partial charge is 0.186 e. The fourth-order valence-electron chi connectivity index (χ4n) is 1.00. The van der Waals surface area contributed by atoms with Crippen molar-refractivity contribution in [2.75, 3.05) is 0 Å². The maximum atomic E-state index is 12.9. The Morgan fingerprint density at radius 2 is 2.27 bits per heavy atom. The number of pyridine rings is 1. The van der Waals surface area contributed by atoms with Crippen LogP contribution in [-0.4, -0.2) is 14.8 Å². The molecule has 2 aromatic rings. The molecule has 0 aliphatic rings. The molecular weight excluding hydrogens is 145 g/mol. The van der Waals surface area contributed by atoms with Crippen LogP contribution < -0.4 is 0 Å². The summed E-state index contributed by atoms with van der Waals surface area (Å²) in [7, 11) is 0. The Labute approximate surface area is 62.5 Å². The van der Waals surface area contributed by atoms with E-state index in [0.717, 1.165) is 5.69 Å². The lowest BCUT2D eigenvalue weighted by atomic mass is 10.3. The highest BCUT2D eigenvalue weighted by atomic mass is 19.1. The molecule has 0 aliphatic carbocycles. The fourth-order valence-corrected chi connectivity index (χ4v) is 1.00. The predicted molar refractivity (Wildman–Crippen MR) is 37.7 cm³/mol. The number of nitrogens with zero attached hydrogens (tertiary/aromatic N) is 3. The molecule has 56 valence electrons. The van der Waals surface area contributed by atoms with E-state index in [2.05, 4.69) is 10.3 Å². The van der Waals surface area contributed by atoms with Gasteiger partial charge < -0.3 is 0 Å². The zero-order chi connectivity index (χ0) is 7.84. The van der Waals surface area contributed by atoms with Gasteiger partial charge in [-0.15, -0.1) is 5.10 Å². The summed E-state index contributed by atoms with van der Waals surface area (Å²) in [5.74, 6) is -0.386. The van der Waals surface area contributed by atoms with E-state index in [0.29, 0.717) is 5.52 Å². The lowest BCUT2D eigenvalue weighted by Gasteiger charge is -1.91. The number of rotatable bonds is 0. The van der Waals surface area contributed by atoms with E-state index in [1.165, 1.54) is 10.6 Å². The number of fused-ring (bicyclic) bond motifs is 1. The Balaban J connectivity index is 2.94. The SMILES string of the molecule is Cc1nnn2c(F)cccc12. The molecule has 0 fully saturated rings. The topological polar surface area (TPSA) is 30.2 Å². The van der Waals surface area contributed by atoms with Gasteiger partial charge in [-0.25, -0.2) is 0 Å². The number of hydrogen-bond acceptors (Lipinski definition) is 2. The summed E-state index contributed by atoms with van der Waals surface area (Å²) in [4.78, 5) is 0. The van der Waals surface area contributed by atoms with Gasteiger partial charge in [0, 0.05) is 0 Å². The Kier molecular flexibility index (Phi) is 1.15. The van der Waals surface area contributed by atoms with Crippen LogP contribution in [0.4, 0.5) is 4.39 Å². The van der Waals surface area contributed by atoms with Crippen LogP contribution in [0.3, 0.4) is 0 Å². The summed E-state index contributed by atoms with van der Waals surface area (Å²) in [6.07, 6.45) is 0. The third-order valence-corrected chi connectivity index (χ3v) is 1.57. The molecule has 0 spiro atoms. The Morgan fingerprint density at radius 3 is 3.00 bits per heavy atom. The molecule has 0 saturated carbocycles. The minimum absolute atomic E-state index is 0.386. The van der Waals surface area contributed by atoms with Gasteiger partial charge in [0.25, 0.3) is 0 Å². The van der Waals surface area contributed by atoms with Crippen LogP contribution in [0, 0.1) is 12.9 Å². The molecule has 0 saturated heterocycles. The van der Waals surface area contributed by atoms with E-state index in [1.807, 2.05) is 0 Å². The highest BCUT2D eigenvalue weighted by molar-refractivity contribution is 5.49. The van der Waals surface area contributed by atoms with Crippen molar-refractivity contribution in [3.63, 3.8) is 0 Å². The zero-order valence-electron chi connectivity index (χ0n) is 5.95. The zero-order valence-corrected chi connectivity index (χ0v) is 5.95. The summed E-state index contributed by atoms with van der Waals surface area (Å²) in [6, 6.07) is 4.76. The molecule has 0 atom stereocenters. The molecule has 4 heteroatoms. The highest BCUT2D eigenvalue weighted by Crippen LogP contribution is 2.07. The summed E-state index contributed by atoms with van der Waals surface area (Å²) in [5.41, 5.74) is 1.45. The summed E-state index contributed by atoms with van der Waals surface area (Å²) in [5, 5.41) is 7.34. The number of aromatic nitrogens is 3. The van der Waals surface area contributed by atoms with Crippen molar-refractivity contribution in [2.24, 2.45) is 0 Å². The second kappa shape index (κ2) is 2.02. The Hall–Kier alpha value is -1.45. The van der Waals surface area contributed by atoms with Gasteiger partial charge in [-0.05, 0) is 19.1 Å². The predicted octanol–water partition coefficient (Wildman–Crippen LogP) is 1.18. The third-order valence-electron chi connectivity index (χ3n) is 1.57. The third kappa shape index (κ3) is 0.790. The molecule has 0 bridgehead atoms. The number of halogens is 1. The number of aryl methyl sites for hydroxylation is 1. The highest BCUT2D eigenvalue weighted by Gasteiger charge is 2.02. The van der Waals surface area contributed by atoms with Gasteiger partial charge in [-0.2, -0.15) is 8.91 Å². The molecule has 2 aromatic heterocycles. The van der Waals surface area contributed by atoms with Crippen LogP contribution in [0.5, 0.6) is 0 Å². The van der Waals surface area contributed by atoms with E-state index < -0.39 is 0 Å². The average molecular weight is 151 g/mol. The van der Waals surface area contributed by atoms with Crippen molar-refractivity contribution < 1.29 is 4.39 Å². The molecule has 3 nitrogen and oxygen atoms in total. The quantitative estimate of drug-likeness (QED) is 0.529. The van der Waals surface area contributed by atoms with Crippen LogP contribution in [0.1, 0.15) is 5.69 Å². The molecule has 2 rings (SSSR count). The van der Waals surface area contributed by atoms with Gasteiger partial charge >= 0.3 is 0 Å². The van der Waals surface area contributed by atoms with Crippen molar-refractivity contribution in [3.8, 4) is 0 Å². The van der Waals surface area contributed by atoms with Gasteiger partial charge in [0.2, 0.25) is 5.95 Å². The maximum absolute atomic E-state index is 12.9. The standard InChI is InChI=1S/C7H6FN3/c1-5-6-3-2-4-7(8)11(6)10-9-5/h2-4H,1H3. The second-order valence-corrected chi connectivity index (χ2v) is 2.32. The van der Waals surface area contributed by atoms with E-state index in [-0.39, 0.29) is 5.95 Å². The van der Waals surface area contributed by atoms with Gasteiger partial charge in [0.15, 0.2) is 0 Å². The summed E-state index contributed by atoms with van der Waals surface area (Å²) in [6.45, 7) is 1.79. The molecule has 2 heterocycles.